The third kappa shape index (κ3) is 14.0. The van der Waals surface area contributed by atoms with Gasteiger partial charge in [-0.15, -0.1) is 0 Å². The Kier molecular flexibility index (Phi) is 11.7. The predicted octanol–water partition coefficient (Wildman–Crippen LogP) is -2.22. The summed E-state index contributed by atoms with van der Waals surface area (Å²) in [6.45, 7) is 5.05. The summed E-state index contributed by atoms with van der Waals surface area (Å²) in [4.78, 5) is 22.2. The van der Waals surface area contributed by atoms with Crippen LogP contribution < -0.4 is 29.6 Å². The zero-order chi connectivity index (χ0) is 14.2. The number of carbonyl (C=O) groups is 2. The molecule has 0 unspecified atom stereocenters. The second-order valence-electron chi connectivity index (χ2n) is 3.92. The summed E-state index contributed by atoms with van der Waals surface area (Å²) in [5, 5.41) is 0. The molecule has 0 aliphatic carbocycles. The van der Waals surface area contributed by atoms with Gasteiger partial charge in [-0.3, -0.25) is 4.79 Å². The summed E-state index contributed by atoms with van der Waals surface area (Å²) in [5.41, 5.74) is 0.293. The molecule has 0 bridgehead atoms. The van der Waals surface area contributed by atoms with Crippen molar-refractivity contribution < 1.29 is 56.9 Å². The average Bonchev–Trinajstić information content (AvgIpc) is 2.22. The molecule has 0 aliphatic heterocycles. The summed E-state index contributed by atoms with van der Waals surface area (Å²) < 4.78 is 35.6. The number of esters is 1. The van der Waals surface area contributed by atoms with Gasteiger partial charge in [0.25, 0.3) is 0 Å². The number of rotatable bonds is 9. The van der Waals surface area contributed by atoms with Gasteiger partial charge in [-0.1, -0.05) is 6.58 Å². The molecule has 0 aliphatic rings. The molecule has 8 heteroatoms. The molecule has 0 rings (SSSR count). The number of hydrogen-bond donors (Lipinski definition) is 0. The monoisotopic (exact) mass is 300 g/mol. The fourth-order valence-electron chi connectivity index (χ4n) is 1.13. The largest absolute Gasteiger partial charge is 1.00 e. The Morgan fingerprint density at radius 2 is 1.74 bits per heavy atom. The fourth-order valence-corrected chi connectivity index (χ4v) is 1.63. The second-order valence-corrected chi connectivity index (χ2v) is 5.45. The number of carbonyl (C=O) groups excluding carboxylic acids is 2. The molecular weight excluding hydrogens is 283 g/mol. The van der Waals surface area contributed by atoms with E-state index in [-0.39, 0.29) is 61.2 Å². The van der Waals surface area contributed by atoms with E-state index in [1.165, 1.54) is 6.92 Å². The maximum absolute atomic E-state index is 11.3. The fraction of sp³-hybridized carbons (Fsp3) is 0.636. The van der Waals surface area contributed by atoms with Crippen molar-refractivity contribution in [2.45, 2.75) is 32.6 Å². The van der Waals surface area contributed by atoms with Gasteiger partial charge in [0.1, 0.15) is 5.78 Å². The molecule has 0 saturated carbocycles. The van der Waals surface area contributed by atoms with Gasteiger partial charge < -0.3 is 9.29 Å². The zero-order valence-electron chi connectivity index (χ0n) is 11.3. The Morgan fingerprint density at radius 1 is 1.21 bits per heavy atom. The molecule has 0 atom stereocenters. The van der Waals surface area contributed by atoms with Crippen LogP contribution in [0, 0.1) is 0 Å². The quantitative estimate of drug-likeness (QED) is 0.157. The molecule has 0 aromatic carbocycles. The summed E-state index contributed by atoms with van der Waals surface area (Å²) in [5.74, 6) is -1.17. The summed E-state index contributed by atoms with van der Waals surface area (Å²) in [6, 6.07) is 0. The average molecular weight is 300 g/mol. The van der Waals surface area contributed by atoms with Crippen molar-refractivity contribution in [1.29, 1.82) is 0 Å². The van der Waals surface area contributed by atoms with Crippen molar-refractivity contribution in [2.75, 3.05) is 12.4 Å². The van der Waals surface area contributed by atoms with Crippen LogP contribution in [0.4, 0.5) is 0 Å². The predicted molar refractivity (Wildman–Crippen MR) is 63.8 cm³/mol. The van der Waals surface area contributed by atoms with Crippen LogP contribution in [-0.2, 0) is 24.4 Å². The van der Waals surface area contributed by atoms with Crippen LogP contribution in [0.15, 0.2) is 12.2 Å². The van der Waals surface area contributed by atoms with Crippen LogP contribution in [0.25, 0.3) is 0 Å². The molecule has 104 valence electrons. The van der Waals surface area contributed by atoms with E-state index >= 15 is 0 Å². The molecule has 0 aromatic rings. The van der Waals surface area contributed by atoms with Gasteiger partial charge in [-0.05, 0) is 19.8 Å². The third-order valence-electron chi connectivity index (χ3n) is 2.03. The Labute approximate surface area is 135 Å². The maximum atomic E-state index is 11.3. The van der Waals surface area contributed by atoms with E-state index in [4.69, 9.17) is 4.74 Å². The number of ether oxygens (including phenoxy) is 1. The third-order valence-corrected chi connectivity index (χ3v) is 2.82. The molecule has 0 aromatic heterocycles. The van der Waals surface area contributed by atoms with Crippen molar-refractivity contribution in [3.8, 4) is 0 Å². The number of Topliss-reactive ketones (excluding diaryl/α,β-unsaturated/α-hetero) is 1. The number of ketones is 1. The van der Waals surface area contributed by atoms with Gasteiger partial charge in [0.15, 0.2) is 0 Å². The topological polar surface area (TPSA) is 101 Å². The molecule has 0 fully saturated rings. The van der Waals surface area contributed by atoms with Gasteiger partial charge >= 0.3 is 35.5 Å². The molecule has 0 saturated heterocycles. The van der Waals surface area contributed by atoms with Gasteiger partial charge in [-0.25, -0.2) is 13.2 Å². The molecule has 0 amide bonds. The molecule has 0 spiro atoms. The van der Waals surface area contributed by atoms with Crippen molar-refractivity contribution in [3.63, 3.8) is 0 Å². The molecule has 0 radical (unpaired) electrons. The summed E-state index contributed by atoms with van der Waals surface area (Å²) in [7, 11) is -4.25. The standard InChI is InChI=1S/C11H18O6S.Na/c1-9(2)11(13)17-7-3-5-10(12)6-4-8-18(14,15)16;/h1,3-8H2,2H3,(H,14,15,16);/q;+1/p-1. The van der Waals surface area contributed by atoms with Crippen molar-refractivity contribution in [2.24, 2.45) is 0 Å². The zero-order valence-corrected chi connectivity index (χ0v) is 14.1. The Bertz CT molecular complexity index is 415. The second kappa shape index (κ2) is 10.6. The van der Waals surface area contributed by atoms with E-state index in [9.17, 15) is 22.6 Å². The van der Waals surface area contributed by atoms with Gasteiger partial charge in [0.05, 0.1) is 16.7 Å². The van der Waals surface area contributed by atoms with Gasteiger partial charge in [-0.2, -0.15) is 0 Å². The van der Waals surface area contributed by atoms with E-state index in [1.54, 1.807) is 0 Å². The molecule has 6 nitrogen and oxygen atoms in total. The van der Waals surface area contributed by atoms with Crippen molar-refractivity contribution in [3.05, 3.63) is 12.2 Å². The van der Waals surface area contributed by atoms with E-state index in [0.29, 0.717) is 12.0 Å². The Morgan fingerprint density at radius 3 is 2.21 bits per heavy atom. The van der Waals surface area contributed by atoms with Crippen LogP contribution >= 0.6 is 0 Å². The molecule has 0 N–H and O–H groups in total. The summed E-state index contributed by atoms with van der Waals surface area (Å²) >= 11 is 0. The molecule has 0 heterocycles. The van der Waals surface area contributed by atoms with Crippen LogP contribution in [-0.4, -0.2) is 37.1 Å². The maximum Gasteiger partial charge on any atom is 1.00 e. The Hall–Kier alpha value is -0.210. The minimum Gasteiger partial charge on any atom is -0.748 e. The smallest absolute Gasteiger partial charge is 0.748 e. The van der Waals surface area contributed by atoms with Crippen molar-refractivity contribution in [1.82, 2.24) is 0 Å². The van der Waals surface area contributed by atoms with Gasteiger partial charge in [0, 0.05) is 24.2 Å². The first kappa shape index (κ1) is 21.1. The van der Waals surface area contributed by atoms with E-state index in [2.05, 4.69) is 6.58 Å². The van der Waals surface area contributed by atoms with Crippen molar-refractivity contribution >= 4 is 21.9 Å². The van der Waals surface area contributed by atoms with E-state index in [0.717, 1.165) is 0 Å². The number of hydrogen-bond acceptors (Lipinski definition) is 6. The van der Waals surface area contributed by atoms with Crippen LogP contribution in [0.2, 0.25) is 0 Å². The Balaban J connectivity index is 0. The first-order valence-electron chi connectivity index (χ1n) is 5.50. The minimum absolute atomic E-state index is 0. The normalized spacial score (nSPS) is 10.4. The van der Waals surface area contributed by atoms with Crippen LogP contribution in [0.5, 0.6) is 0 Å². The SMILES string of the molecule is C=C(C)C(=O)OCCCC(=O)CCCS(=O)(=O)[O-].[Na+]. The molecule has 19 heavy (non-hydrogen) atoms. The molecular formula is C11H17NaO6S. The first-order chi connectivity index (χ1) is 8.22. The van der Waals surface area contributed by atoms with Crippen LogP contribution in [0.3, 0.4) is 0 Å². The van der Waals surface area contributed by atoms with E-state index < -0.39 is 21.8 Å². The minimum atomic E-state index is -4.25. The van der Waals surface area contributed by atoms with Crippen LogP contribution in [0.1, 0.15) is 32.6 Å². The summed E-state index contributed by atoms with van der Waals surface area (Å²) in [6.07, 6.45) is 0.663. The van der Waals surface area contributed by atoms with Gasteiger partial charge in [0.2, 0.25) is 0 Å². The first-order valence-corrected chi connectivity index (χ1v) is 7.08. The van der Waals surface area contributed by atoms with E-state index in [1.807, 2.05) is 0 Å².